The molecule has 7 nitrogen and oxygen atoms in total. The van der Waals surface area contributed by atoms with Crippen LogP contribution in [0.4, 0.5) is 0 Å². The van der Waals surface area contributed by atoms with Crippen molar-refractivity contribution in [1.29, 1.82) is 5.26 Å². The zero-order chi connectivity index (χ0) is 16.4. The van der Waals surface area contributed by atoms with E-state index in [4.69, 9.17) is 26.0 Å². The third-order valence-electron chi connectivity index (χ3n) is 3.55. The summed E-state index contributed by atoms with van der Waals surface area (Å²) in [5.74, 6) is 0.551. The molecule has 23 heavy (non-hydrogen) atoms. The maximum absolute atomic E-state index is 12.8. The molecule has 0 N–H and O–H groups in total. The Morgan fingerprint density at radius 3 is 2.96 bits per heavy atom. The van der Waals surface area contributed by atoms with Gasteiger partial charge in [-0.25, -0.2) is 0 Å². The van der Waals surface area contributed by atoms with Crippen molar-refractivity contribution in [1.82, 2.24) is 15.1 Å². The van der Waals surface area contributed by atoms with E-state index in [0.717, 1.165) is 0 Å². The number of amides is 1. The van der Waals surface area contributed by atoms with Crippen molar-refractivity contribution in [2.24, 2.45) is 0 Å². The molecule has 1 fully saturated rings. The summed E-state index contributed by atoms with van der Waals surface area (Å²) >= 11 is 6.01. The molecule has 1 atom stereocenters. The van der Waals surface area contributed by atoms with E-state index in [1.54, 1.807) is 17.9 Å². The molecule has 0 spiro atoms. The van der Waals surface area contributed by atoms with Gasteiger partial charge in [-0.3, -0.25) is 4.79 Å². The lowest BCUT2D eigenvalue weighted by molar-refractivity contribution is -0.0106. The Hall–Kier alpha value is -2.43. The molecule has 2 heterocycles. The minimum absolute atomic E-state index is 0.222. The van der Waals surface area contributed by atoms with E-state index in [-0.39, 0.29) is 17.5 Å². The van der Waals surface area contributed by atoms with E-state index in [2.05, 4.69) is 10.2 Å². The molecule has 3 rings (SSSR count). The second-order valence-corrected chi connectivity index (χ2v) is 5.46. The molecule has 1 aromatic heterocycles. The normalized spacial score (nSPS) is 17.8. The number of rotatable bonds is 2. The van der Waals surface area contributed by atoms with Crippen LogP contribution in [0.3, 0.4) is 0 Å². The number of carbonyl (C=O) groups is 1. The number of morpholine rings is 1. The zero-order valence-corrected chi connectivity index (χ0v) is 13.1. The molecule has 8 heteroatoms. The van der Waals surface area contributed by atoms with Crippen molar-refractivity contribution >= 4 is 17.5 Å². The summed E-state index contributed by atoms with van der Waals surface area (Å²) in [6.07, 6.45) is 0. The third kappa shape index (κ3) is 3.04. The number of carbonyl (C=O) groups excluding carboxylic acids is 1. The van der Waals surface area contributed by atoms with Gasteiger partial charge in [-0.15, -0.1) is 10.2 Å². The van der Waals surface area contributed by atoms with E-state index < -0.39 is 6.04 Å². The molecule has 118 valence electrons. The van der Waals surface area contributed by atoms with Gasteiger partial charge in [0, 0.05) is 19.0 Å². The molecule has 1 aromatic carbocycles. The first kappa shape index (κ1) is 15.5. The predicted octanol–water partition coefficient (Wildman–Crippen LogP) is 2.12. The van der Waals surface area contributed by atoms with Crippen LogP contribution in [0.15, 0.2) is 22.6 Å². The molecule has 0 saturated carbocycles. The highest BCUT2D eigenvalue weighted by molar-refractivity contribution is 6.32. The van der Waals surface area contributed by atoms with Gasteiger partial charge >= 0.3 is 0 Å². The lowest BCUT2D eigenvalue weighted by Crippen LogP contribution is -2.43. The number of aryl methyl sites for hydroxylation is 1. The zero-order valence-electron chi connectivity index (χ0n) is 12.3. The summed E-state index contributed by atoms with van der Waals surface area (Å²) in [6.45, 7) is 2.81. The highest BCUT2D eigenvalue weighted by atomic mass is 35.5. The van der Waals surface area contributed by atoms with Crippen LogP contribution in [-0.4, -0.2) is 40.8 Å². The van der Waals surface area contributed by atoms with Crippen LogP contribution in [0.25, 0.3) is 0 Å². The summed E-state index contributed by atoms with van der Waals surface area (Å²) in [6, 6.07) is 6.14. The van der Waals surface area contributed by atoms with Crippen molar-refractivity contribution in [3.8, 4) is 6.07 Å². The van der Waals surface area contributed by atoms with Crippen LogP contribution in [0.2, 0.25) is 5.02 Å². The van der Waals surface area contributed by atoms with Gasteiger partial charge in [0.15, 0.2) is 0 Å². The van der Waals surface area contributed by atoms with Gasteiger partial charge in [-0.2, -0.15) is 5.26 Å². The smallest absolute Gasteiger partial charge is 0.254 e. The quantitative estimate of drug-likeness (QED) is 0.836. The van der Waals surface area contributed by atoms with Gasteiger partial charge in [0.2, 0.25) is 11.8 Å². The SMILES string of the molecule is Cc1nnc(C2COCCN2C(=O)c2ccc(C#N)c(Cl)c2)o1. The number of nitriles is 1. The van der Waals surface area contributed by atoms with Gasteiger partial charge < -0.3 is 14.1 Å². The van der Waals surface area contributed by atoms with Crippen LogP contribution in [0.5, 0.6) is 0 Å². The molecular weight excluding hydrogens is 320 g/mol. The third-order valence-corrected chi connectivity index (χ3v) is 3.87. The van der Waals surface area contributed by atoms with Crippen LogP contribution in [0.1, 0.15) is 33.7 Å². The topological polar surface area (TPSA) is 92.3 Å². The van der Waals surface area contributed by atoms with Crippen LogP contribution in [-0.2, 0) is 4.74 Å². The number of benzene rings is 1. The van der Waals surface area contributed by atoms with E-state index >= 15 is 0 Å². The first-order chi connectivity index (χ1) is 11.1. The monoisotopic (exact) mass is 332 g/mol. The molecule has 0 aliphatic carbocycles. The summed E-state index contributed by atoms with van der Waals surface area (Å²) in [7, 11) is 0. The Bertz CT molecular complexity index is 783. The number of halogens is 1. The number of ether oxygens (including phenoxy) is 1. The highest BCUT2D eigenvalue weighted by Gasteiger charge is 2.33. The van der Waals surface area contributed by atoms with Crippen molar-refractivity contribution in [3.05, 3.63) is 46.1 Å². The fraction of sp³-hybridized carbons (Fsp3) is 0.333. The van der Waals surface area contributed by atoms with E-state index in [1.165, 1.54) is 12.1 Å². The number of hydrogen-bond acceptors (Lipinski definition) is 6. The first-order valence-corrected chi connectivity index (χ1v) is 7.36. The Morgan fingerprint density at radius 1 is 1.48 bits per heavy atom. The molecule has 1 saturated heterocycles. The summed E-state index contributed by atoms with van der Waals surface area (Å²) in [4.78, 5) is 14.4. The van der Waals surface area contributed by atoms with Crippen LogP contribution in [0, 0.1) is 18.3 Å². The largest absolute Gasteiger partial charge is 0.423 e. The molecule has 2 aromatic rings. The molecule has 1 unspecified atom stereocenters. The maximum Gasteiger partial charge on any atom is 0.254 e. The Kier molecular flexibility index (Phi) is 4.28. The van der Waals surface area contributed by atoms with Gasteiger partial charge in [-0.1, -0.05) is 11.6 Å². The van der Waals surface area contributed by atoms with Crippen molar-refractivity contribution in [2.75, 3.05) is 19.8 Å². The highest BCUT2D eigenvalue weighted by Crippen LogP contribution is 2.26. The molecule has 1 aliphatic heterocycles. The molecular formula is C15H13ClN4O3. The van der Waals surface area contributed by atoms with E-state index in [1.807, 2.05) is 6.07 Å². The second kappa shape index (κ2) is 6.36. The Balaban J connectivity index is 1.90. The minimum Gasteiger partial charge on any atom is -0.423 e. The van der Waals surface area contributed by atoms with Crippen molar-refractivity contribution in [2.45, 2.75) is 13.0 Å². The summed E-state index contributed by atoms with van der Waals surface area (Å²) < 4.78 is 10.9. The summed E-state index contributed by atoms with van der Waals surface area (Å²) in [5, 5.41) is 16.9. The van der Waals surface area contributed by atoms with E-state index in [9.17, 15) is 4.79 Å². The average Bonchev–Trinajstić information content (AvgIpc) is 3.00. The fourth-order valence-corrected chi connectivity index (χ4v) is 2.63. The lowest BCUT2D eigenvalue weighted by Gasteiger charge is -2.33. The van der Waals surface area contributed by atoms with Crippen LogP contribution < -0.4 is 0 Å². The van der Waals surface area contributed by atoms with Gasteiger partial charge in [0.05, 0.1) is 23.8 Å². The van der Waals surface area contributed by atoms with Crippen molar-refractivity contribution in [3.63, 3.8) is 0 Å². The molecule has 1 amide bonds. The summed E-state index contributed by atoms with van der Waals surface area (Å²) in [5.41, 5.74) is 0.728. The van der Waals surface area contributed by atoms with Gasteiger partial charge in [-0.05, 0) is 18.2 Å². The fourth-order valence-electron chi connectivity index (χ4n) is 2.40. The number of aromatic nitrogens is 2. The first-order valence-electron chi connectivity index (χ1n) is 6.98. The minimum atomic E-state index is -0.438. The number of hydrogen-bond donors (Lipinski definition) is 0. The van der Waals surface area contributed by atoms with Crippen LogP contribution >= 0.6 is 11.6 Å². The van der Waals surface area contributed by atoms with E-state index in [0.29, 0.717) is 36.1 Å². The second-order valence-electron chi connectivity index (χ2n) is 5.06. The Morgan fingerprint density at radius 2 is 2.30 bits per heavy atom. The van der Waals surface area contributed by atoms with Crippen molar-refractivity contribution < 1.29 is 13.9 Å². The Labute approximate surface area is 137 Å². The molecule has 0 radical (unpaired) electrons. The number of nitrogens with zero attached hydrogens (tertiary/aromatic N) is 4. The molecule has 0 bridgehead atoms. The predicted molar refractivity (Wildman–Crippen MR) is 79.8 cm³/mol. The van der Waals surface area contributed by atoms with Gasteiger partial charge in [0.25, 0.3) is 5.91 Å². The molecule has 1 aliphatic rings. The maximum atomic E-state index is 12.8. The average molecular weight is 333 g/mol. The lowest BCUT2D eigenvalue weighted by atomic mass is 10.1. The standard InChI is InChI=1S/C15H13ClN4O3/c1-9-18-19-14(23-9)13-8-22-5-4-20(13)15(21)10-2-3-11(7-17)12(16)6-10/h2-3,6,13H,4-5,8H2,1H3. The van der Waals surface area contributed by atoms with Gasteiger partial charge in [0.1, 0.15) is 12.1 Å².